The molecule has 0 atom stereocenters. The number of methoxy groups -OCH3 is 1. The number of carbonyl (C=O) groups excluding carboxylic acids is 2. The molecule has 0 N–H and O–H groups in total. The number of aromatic nitrogens is 1. The molecule has 0 spiro atoms. The van der Waals surface area contributed by atoms with Crippen molar-refractivity contribution in [2.24, 2.45) is 0 Å². The van der Waals surface area contributed by atoms with E-state index in [0.717, 1.165) is 22.9 Å². The van der Waals surface area contributed by atoms with E-state index < -0.39 is 0 Å². The Hall–Kier alpha value is -3.28. The van der Waals surface area contributed by atoms with Crippen molar-refractivity contribution in [3.63, 3.8) is 0 Å². The van der Waals surface area contributed by atoms with Crippen LogP contribution in [0, 0.1) is 5.82 Å². The molecule has 154 valence electrons. The second kappa shape index (κ2) is 8.22. The van der Waals surface area contributed by atoms with Gasteiger partial charge in [-0.1, -0.05) is 19.1 Å². The molecule has 0 radical (unpaired) electrons. The van der Waals surface area contributed by atoms with Gasteiger partial charge in [0.2, 0.25) is 5.91 Å². The number of amides is 1. The molecule has 3 aromatic rings. The zero-order chi connectivity index (χ0) is 21.3. The smallest absolute Gasteiger partial charge is 0.227 e. The Kier molecular flexibility index (Phi) is 5.48. The van der Waals surface area contributed by atoms with Gasteiger partial charge >= 0.3 is 0 Å². The number of halogens is 1. The molecule has 1 fully saturated rings. The molecule has 6 heteroatoms. The van der Waals surface area contributed by atoms with Crippen molar-refractivity contribution in [1.29, 1.82) is 0 Å². The molecule has 0 unspecified atom stereocenters. The highest BCUT2D eigenvalue weighted by Crippen LogP contribution is 2.38. The fourth-order valence-electron chi connectivity index (χ4n) is 3.96. The molecule has 2 aromatic carbocycles. The van der Waals surface area contributed by atoms with Gasteiger partial charge in [0.05, 0.1) is 18.4 Å². The molecule has 0 aliphatic carbocycles. The van der Waals surface area contributed by atoms with Crippen LogP contribution in [0.5, 0.6) is 5.75 Å². The third kappa shape index (κ3) is 3.65. The van der Waals surface area contributed by atoms with Crippen molar-refractivity contribution in [3.05, 3.63) is 65.1 Å². The summed E-state index contributed by atoms with van der Waals surface area (Å²) in [4.78, 5) is 31.4. The van der Waals surface area contributed by atoms with Crippen LogP contribution in [0.15, 0.2) is 42.6 Å². The highest BCUT2D eigenvalue weighted by atomic mass is 19.1. The number of hydrogen-bond acceptors (Lipinski definition) is 4. The Balaban J connectivity index is 1.88. The number of carbonyl (C=O) groups is 2. The third-order valence-corrected chi connectivity index (χ3v) is 5.47. The normalized spacial score (nSPS) is 13.8. The number of rotatable bonds is 6. The van der Waals surface area contributed by atoms with Crippen molar-refractivity contribution in [3.8, 4) is 5.75 Å². The summed E-state index contributed by atoms with van der Waals surface area (Å²) in [6, 6.07) is 10.1. The lowest BCUT2D eigenvalue weighted by molar-refractivity contribution is -0.117. The number of Topliss-reactive ketones (excluding diaryl/α,β-unsaturated/α-hetero) is 1. The molecule has 1 saturated heterocycles. The van der Waals surface area contributed by atoms with E-state index in [4.69, 9.17) is 4.74 Å². The maximum Gasteiger partial charge on any atom is 0.227 e. The summed E-state index contributed by atoms with van der Waals surface area (Å²) in [7, 11) is 1.52. The number of nitrogens with zero attached hydrogens (tertiary/aromatic N) is 2. The number of benzene rings is 2. The van der Waals surface area contributed by atoms with Crippen molar-refractivity contribution < 1.29 is 18.7 Å². The second-order valence-electron chi connectivity index (χ2n) is 7.45. The van der Waals surface area contributed by atoms with Crippen LogP contribution in [-0.2, 0) is 11.2 Å². The molecule has 1 aliphatic heterocycles. The van der Waals surface area contributed by atoms with Crippen molar-refractivity contribution in [2.75, 3.05) is 18.6 Å². The summed E-state index contributed by atoms with van der Waals surface area (Å²) in [6.07, 6.45) is 3.93. The molecule has 1 aliphatic rings. The molecule has 1 amide bonds. The fraction of sp³-hybridized carbons (Fsp3) is 0.292. The Morgan fingerprint density at radius 2 is 1.97 bits per heavy atom. The van der Waals surface area contributed by atoms with E-state index >= 15 is 0 Å². The van der Waals surface area contributed by atoms with Crippen LogP contribution >= 0.6 is 0 Å². The van der Waals surface area contributed by atoms with Gasteiger partial charge in [0.15, 0.2) is 11.5 Å². The Morgan fingerprint density at radius 3 is 2.60 bits per heavy atom. The van der Waals surface area contributed by atoms with Crippen LogP contribution in [0.1, 0.15) is 47.7 Å². The zero-order valence-electron chi connectivity index (χ0n) is 17.1. The van der Waals surface area contributed by atoms with Gasteiger partial charge in [0, 0.05) is 31.0 Å². The highest BCUT2D eigenvalue weighted by Gasteiger charge is 2.27. The van der Waals surface area contributed by atoms with Crippen LogP contribution in [0.2, 0.25) is 0 Å². The van der Waals surface area contributed by atoms with E-state index in [9.17, 15) is 14.0 Å². The number of ether oxygens (including phenoxy) is 1. The Labute approximate surface area is 174 Å². The van der Waals surface area contributed by atoms with E-state index in [2.05, 4.69) is 4.98 Å². The lowest BCUT2D eigenvalue weighted by Crippen LogP contribution is -2.24. The van der Waals surface area contributed by atoms with Crippen molar-refractivity contribution >= 4 is 28.3 Å². The highest BCUT2D eigenvalue weighted by molar-refractivity contribution is 6.11. The third-order valence-electron chi connectivity index (χ3n) is 5.47. The number of fused-ring (bicyclic) bond motifs is 1. The molecular formula is C24H23FN2O3. The predicted molar refractivity (Wildman–Crippen MR) is 114 cm³/mol. The number of ketones is 1. The molecule has 0 saturated carbocycles. The SMILES string of the molecule is CCC(=O)c1cc(N2CCCC2=O)c2cc(Cc3ccc(F)cc3)cnc2c1OC. The number of pyridine rings is 1. The van der Waals surface area contributed by atoms with Gasteiger partial charge in [-0.2, -0.15) is 0 Å². The van der Waals surface area contributed by atoms with E-state index in [1.165, 1.54) is 19.2 Å². The minimum Gasteiger partial charge on any atom is -0.494 e. The number of anilines is 1. The molecule has 2 heterocycles. The number of hydrogen-bond donors (Lipinski definition) is 0. The predicted octanol–water partition coefficient (Wildman–Crippen LogP) is 4.69. The first-order valence-corrected chi connectivity index (χ1v) is 10.1. The van der Waals surface area contributed by atoms with Gasteiger partial charge in [-0.15, -0.1) is 0 Å². The molecule has 0 bridgehead atoms. The molecule has 4 rings (SSSR count). The maximum absolute atomic E-state index is 13.2. The quantitative estimate of drug-likeness (QED) is 0.557. The van der Waals surface area contributed by atoms with E-state index in [1.54, 1.807) is 36.2 Å². The minimum atomic E-state index is -0.275. The van der Waals surface area contributed by atoms with Gasteiger partial charge in [0.25, 0.3) is 0 Å². The van der Waals surface area contributed by atoms with E-state index in [1.807, 2.05) is 6.07 Å². The molecule has 30 heavy (non-hydrogen) atoms. The minimum absolute atomic E-state index is 0.0419. The largest absolute Gasteiger partial charge is 0.494 e. The van der Waals surface area contributed by atoms with Crippen molar-refractivity contribution in [1.82, 2.24) is 4.98 Å². The van der Waals surface area contributed by atoms with Crippen LogP contribution < -0.4 is 9.64 Å². The maximum atomic E-state index is 13.2. The first kappa shape index (κ1) is 20.0. The Morgan fingerprint density at radius 1 is 1.20 bits per heavy atom. The first-order valence-electron chi connectivity index (χ1n) is 10.1. The van der Waals surface area contributed by atoms with Crippen LogP contribution in [0.25, 0.3) is 10.9 Å². The molecule has 1 aromatic heterocycles. The fourth-order valence-corrected chi connectivity index (χ4v) is 3.96. The van der Waals surface area contributed by atoms with Crippen LogP contribution in [0.3, 0.4) is 0 Å². The van der Waals surface area contributed by atoms with Crippen molar-refractivity contribution in [2.45, 2.75) is 32.6 Å². The summed E-state index contributed by atoms with van der Waals surface area (Å²) < 4.78 is 18.8. The summed E-state index contributed by atoms with van der Waals surface area (Å²) in [5.74, 6) is 0.141. The zero-order valence-corrected chi connectivity index (χ0v) is 17.1. The van der Waals surface area contributed by atoms with Gasteiger partial charge in [-0.05, 0) is 48.2 Å². The Bertz CT molecular complexity index is 1130. The van der Waals surface area contributed by atoms with Gasteiger partial charge in [-0.25, -0.2) is 4.39 Å². The van der Waals surface area contributed by atoms with Gasteiger partial charge < -0.3 is 9.64 Å². The average molecular weight is 406 g/mol. The van der Waals surface area contributed by atoms with Crippen LogP contribution in [-0.4, -0.2) is 30.3 Å². The summed E-state index contributed by atoms with van der Waals surface area (Å²) in [5.41, 5.74) is 3.59. The van der Waals surface area contributed by atoms with E-state index in [-0.39, 0.29) is 17.5 Å². The summed E-state index contributed by atoms with van der Waals surface area (Å²) in [6.45, 7) is 2.41. The topological polar surface area (TPSA) is 59.5 Å². The lowest BCUT2D eigenvalue weighted by atomic mass is 9.99. The monoisotopic (exact) mass is 406 g/mol. The second-order valence-corrected chi connectivity index (χ2v) is 7.45. The molecular weight excluding hydrogens is 383 g/mol. The average Bonchev–Trinajstić information content (AvgIpc) is 3.19. The van der Waals surface area contributed by atoms with Crippen LogP contribution in [0.4, 0.5) is 10.1 Å². The molecule has 5 nitrogen and oxygen atoms in total. The summed E-state index contributed by atoms with van der Waals surface area (Å²) >= 11 is 0. The van der Waals surface area contributed by atoms with E-state index in [0.29, 0.717) is 48.3 Å². The van der Waals surface area contributed by atoms with Gasteiger partial charge in [-0.3, -0.25) is 14.6 Å². The van der Waals surface area contributed by atoms with Gasteiger partial charge in [0.1, 0.15) is 11.3 Å². The lowest BCUT2D eigenvalue weighted by Gasteiger charge is -2.21. The summed E-state index contributed by atoms with van der Waals surface area (Å²) in [5, 5.41) is 0.773. The first-order chi connectivity index (χ1) is 14.5. The standard InChI is InChI=1S/C24H23FN2O3/c1-3-21(28)19-13-20(27-10-4-5-22(27)29)18-12-16(14-26-23(18)24(19)30-2)11-15-6-8-17(25)9-7-15/h6-9,12-14H,3-5,10-11H2,1-2H3.